The molecule has 112 valence electrons. The highest BCUT2D eigenvalue weighted by Crippen LogP contribution is 2.07. The van der Waals surface area contributed by atoms with Crippen molar-refractivity contribution in [2.45, 2.75) is 39.3 Å². The zero-order valence-corrected chi connectivity index (χ0v) is 12.5. The number of ether oxygens (including phenoxy) is 2. The SMILES string of the molecule is COCCNC(=O)C(C)NC(CC(C)C)C(=O)OC. The van der Waals surface area contributed by atoms with Crippen molar-refractivity contribution in [3.8, 4) is 0 Å². The minimum atomic E-state index is -0.465. The molecule has 0 aliphatic heterocycles. The van der Waals surface area contributed by atoms with Gasteiger partial charge < -0.3 is 14.8 Å². The van der Waals surface area contributed by atoms with Crippen molar-refractivity contribution >= 4 is 11.9 Å². The zero-order chi connectivity index (χ0) is 14.8. The van der Waals surface area contributed by atoms with Crippen LogP contribution in [0.5, 0.6) is 0 Å². The van der Waals surface area contributed by atoms with Gasteiger partial charge in [0.1, 0.15) is 6.04 Å². The summed E-state index contributed by atoms with van der Waals surface area (Å²) >= 11 is 0. The van der Waals surface area contributed by atoms with Crippen LogP contribution >= 0.6 is 0 Å². The molecule has 2 N–H and O–H groups in total. The van der Waals surface area contributed by atoms with Crippen molar-refractivity contribution in [1.29, 1.82) is 0 Å². The number of carbonyl (C=O) groups is 2. The lowest BCUT2D eigenvalue weighted by molar-refractivity contribution is -0.144. The number of carbonyl (C=O) groups excluding carboxylic acids is 2. The van der Waals surface area contributed by atoms with E-state index in [9.17, 15) is 9.59 Å². The maximum atomic E-state index is 11.8. The summed E-state index contributed by atoms with van der Waals surface area (Å²) in [6.07, 6.45) is 0.627. The molecule has 0 rings (SSSR count). The molecule has 6 heteroatoms. The molecule has 0 aromatic rings. The summed E-state index contributed by atoms with van der Waals surface area (Å²) in [7, 11) is 2.92. The smallest absolute Gasteiger partial charge is 0.322 e. The minimum absolute atomic E-state index is 0.158. The first-order chi connectivity index (χ1) is 8.92. The number of methoxy groups -OCH3 is 2. The number of amides is 1. The lowest BCUT2D eigenvalue weighted by Gasteiger charge is -2.22. The van der Waals surface area contributed by atoms with Gasteiger partial charge in [-0.1, -0.05) is 13.8 Å². The summed E-state index contributed by atoms with van der Waals surface area (Å²) in [4.78, 5) is 23.4. The summed E-state index contributed by atoms with van der Waals surface area (Å²) in [6, 6.07) is -0.923. The number of hydrogen-bond donors (Lipinski definition) is 2. The fourth-order valence-corrected chi connectivity index (χ4v) is 1.65. The van der Waals surface area contributed by atoms with E-state index in [0.717, 1.165) is 0 Å². The number of hydrogen-bond acceptors (Lipinski definition) is 5. The number of rotatable bonds is 9. The van der Waals surface area contributed by atoms with Crippen molar-refractivity contribution in [3.05, 3.63) is 0 Å². The van der Waals surface area contributed by atoms with Gasteiger partial charge in [-0.3, -0.25) is 14.9 Å². The molecule has 1 amide bonds. The van der Waals surface area contributed by atoms with Gasteiger partial charge in [-0.2, -0.15) is 0 Å². The van der Waals surface area contributed by atoms with Crippen molar-refractivity contribution in [2.24, 2.45) is 5.92 Å². The summed E-state index contributed by atoms with van der Waals surface area (Å²) < 4.78 is 9.59. The number of esters is 1. The van der Waals surface area contributed by atoms with Gasteiger partial charge in [0.15, 0.2) is 0 Å². The standard InChI is InChI=1S/C13H26N2O4/c1-9(2)8-11(13(17)19-5)15-10(3)12(16)14-6-7-18-4/h9-11,15H,6-8H2,1-5H3,(H,14,16). The van der Waals surface area contributed by atoms with E-state index < -0.39 is 12.1 Å². The first-order valence-electron chi connectivity index (χ1n) is 6.52. The van der Waals surface area contributed by atoms with E-state index >= 15 is 0 Å². The summed E-state index contributed by atoms with van der Waals surface area (Å²) in [5.41, 5.74) is 0. The second kappa shape index (κ2) is 9.75. The lowest BCUT2D eigenvalue weighted by Crippen LogP contribution is -2.50. The van der Waals surface area contributed by atoms with Gasteiger partial charge in [0, 0.05) is 13.7 Å². The molecule has 0 bridgehead atoms. The van der Waals surface area contributed by atoms with Crippen LogP contribution in [-0.2, 0) is 19.1 Å². The Hall–Kier alpha value is -1.14. The highest BCUT2D eigenvalue weighted by atomic mass is 16.5. The Bertz CT molecular complexity index is 282. The molecule has 0 aromatic carbocycles. The van der Waals surface area contributed by atoms with Gasteiger partial charge in [-0.05, 0) is 19.3 Å². The third-order valence-electron chi connectivity index (χ3n) is 2.64. The Morgan fingerprint density at radius 2 is 1.79 bits per heavy atom. The first-order valence-corrected chi connectivity index (χ1v) is 6.52. The molecule has 0 saturated heterocycles. The molecule has 6 nitrogen and oxygen atoms in total. The molecule has 0 aromatic heterocycles. The van der Waals surface area contributed by atoms with Crippen molar-refractivity contribution in [2.75, 3.05) is 27.4 Å². The maximum absolute atomic E-state index is 11.8. The van der Waals surface area contributed by atoms with Crippen molar-refractivity contribution in [1.82, 2.24) is 10.6 Å². The molecule has 2 atom stereocenters. The predicted octanol–water partition coefficient (Wildman–Crippen LogP) is 0.315. The van der Waals surface area contributed by atoms with Gasteiger partial charge in [0.2, 0.25) is 5.91 Å². The maximum Gasteiger partial charge on any atom is 0.322 e. The fourth-order valence-electron chi connectivity index (χ4n) is 1.65. The monoisotopic (exact) mass is 274 g/mol. The molecule has 2 unspecified atom stereocenters. The predicted molar refractivity (Wildman–Crippen MR) is 72.7 cm³/mol. The first kappa shape index (κ1) is 17.9. The molecule has 0 radical (unpaired) electrons. The Morgan fingerprint density at radius 3 is 2.26 bits per heavy atom. The molecular weight excluding hydrogens is 248 g/mol. The Labute approximate surface area is 115 Å². The molecule has 0 heterocycles. The molecule has 0 aliphatic rings. The third kappa shape index (κ3) is 7.79. The average Bonchev–Trinajstić information content (AvgIpc) is 2.36. The van der Waals surface area contributed by atoms with E-state index in [2.05, 4.69) is 10.6 Å². The van der Waals surface area contributed by atoms with E-state index in [1.54, 1.807) is 14.0 Å². The fraction of sp³-hybridized carbons (Fsp3) is 0.846. The summed E-state index contributed by atoms with van der Waals surface area (Å²) in [5, 5.41) is 5.72. The van der Waals surface area contributed by atoms with Crippen LogP contribution in [0.25, 0.3) is 0 Å². The summed E-state index contributed by atoms with van der Waals surface area (Å²) in [5.74, 6) is -0.166. The molecule has 0 fully saturated rings. The van der Waals surface area contributed by atoms with E-state index in [-0.39, 0.29) is 11.9 Å². The van der Waals surface area contributed by atoms with Crippen LogP contribution in [0.3, 0.4) is 0 Å². The second-order valence-electron chi connectivity index (χ2n) is 4.88. The van der Waals surface area contributed by atoms with Crippen LogP contribution in [0.15, 0.2) is 0 Å². The van der Waals surface area contributed by atoms with Crippen molar-refractivity contribution < 1.29 is 19.1 Å². The van der Waals surface area contributed by atoms with Gasteiger partial charge in [-0.15, -0.1) is 0 Å². The highest BCUT2D eigenvalue weighted by molar-refractivity contribution is 5.83. The van der Waals surface area contributed by atoms with Gasteiger partial charge in [0.25, 0.3) is 0 Å². The van der Waals surface area contributed by atoms with E-state index in [1.807, 2.05) is 13.8 Å². The van der Waals surface area contributed by atoms with Crippen LogP contribution in [0.2, 0.25) is 0 Å². The van der Waals surface area contributed by atoms with Gasteiger partial charge in [-0.25, -0.2) is 0 Å². The van der Waals surface area contributed by atoms with Crippen molar-refractivity contribution in [3.63, 3.8) is 0 Å². The van der Waals surface area contributed by atoms with E-state index in [0.29, 0.717) is 25.5 Å². The molecule has 19 heavy (non-hydrogen) atoms. The Morgan fingerprint density at radius 1 is 1.16 bits per heavy atom. The Kier molecular flexibility index (Phi) is 9.16. The normalized spacial score (nSPS) is 14.0. The van der Waals surface area contributed by atoms with Crippen LogP contribution in [0, 0.1) is 5.92 Å². The molecule has 0 spiro atoms. The van der Waals surface area contributed by atoms with Gasteiger partial charge >= 0.3 is 5.97 Å². The average molecular weight is 274 g/mol. The number of nitrogens with one attached hydrogen (secondary N) is 2. The van der Waals surface area contributed by atoms with Crippen LogP contribution in [-0.4, -0.2) is 51.3 Å². The molecule has 0 saturated carbocycles. The minimum Gasteiger partial charge on any atom is -0.468 e. The van der Waals surface area contributed by atoms with E-state index in [1.165, 1.54) is 7.11 Å². The molecular formula is C13H26N2O4. The second-order valence-corrected chi connectivity index (χ2v) is 4.88. The van der Waals surface area contributed by atoms with E-state index in [4.69, 9.17) is 9.47 Å². The van der Waals surface area contributed by atoms with Crippen LogP contribution in [0.4, 0.5) is 0 Å². The highest BCUT2D eigenvalue weighted by Gasteiger charge is 2.24. The third-order valence-corrected chi connectivity index (χ3v) is 2.64. The molecule has 0 aliphatic carbocycles. The van der Waals surface area contributed by atoms with Gasteiger partial charge in [0.05, 0.1) is 19.8 Å². The zero-order valence-electron chi connectivity index (χ0n) is 12.5. The van der Waals surface area contributed by atoms with Crippen LogP contribution in [0.1, 0.15) is 27.2 Å². The summed E-state index contributed by atoms with van der Waals surface area (Å²) in [6.45, 7) is 6.67. The van der Waals surface area contributed by atoms with Crippen LogP contribution < -0.4 is 10.6 Å². The topological polar surface area (TPSA) is 76.7 Å². The quantitative estimate of drug-likeness (QED) is 0.467. The Balaban J connectivity index is 4.32. The lowest BCUT2D eigenvalue weighted by atomic mass is 10.0. The largest absolute Gasteiger partial charge is 0.468 e.